The monoisotopic (exact) mass is 308 g/mol. The predicted octanol–water partition coefficient (Wildman–Crippen LogP) is 3.00. The molecule has 0 spiro atoms. The maximum atomic E-state index is 13.0. The van der Waals surface area contributed by atoms with Gasteiger partial charge in [-0.2, -0.15) is 0 Å². The van der Waals surface area contributed by atoms with Crippen LogP contribution in [0.4, 0.5) is 5.69 Å². The molecule has 0 saturated carbocycles. The first-order valence-corrected chi connectivity index (χ1v) is 8.11. The number of benzene rings is 2. The number of nitrogens with one attached hydrogen (secondary N) is 2. The Bertz CT molecular complexity index is 633. The van der Waals surface area contributed by atoms with E-state index in [0.717, 1.165) is 31.5 Å². The Labute approximate surface area is 137 Å². The summed E-state index contributed by atoms with van der Waals surface area (Å²) in [4.78, 5) is 15.0. The third kappa shape index (κ3) is 3.90. The highest BCUT2D eigenvalue weighted by atomic mass is 16.2. The van der Waals surface area contributed by atoms with Gasteiger partial charge in [0.25, 0.3) is 5.91 Å². The molecule has 0 aromatic heterocycles. The summed E-state index contributed by atoms with van der Waals surface area (Å²) < 4.78 is 0. The SMILES string of the molecule is [NH]c1ccc(C(=O)N(Cc2ccccc2)C2CCNCC2)cc1. The Morgan fingerprint density at radius 1 is 1.04 bits per heavy atom. The highest BCUT2D eigenvalue weighted by Crippen LogP contribution is 2.20. The molecule has 1 radical (unpaired) electrons. The quantitative estimate of drug-likeness (QED) is 0.944. The number of nitrogens with zero attached hydrogens (tertiary/aromatic N) is 1. The van der Waals surface area contributed by atoms with E-state index < -0.39 is 0 Å². The van der Waals surface area contributed by atoms with Crippen molar-refractivity contribution in [2.45, 2.75) is 25.4 Å². The molecule has 1 heterocycles. The number of rotatable bonds is 4. The van der Waals surface area contributed by atoms with Crippen molar-refractivity contribution in [3.63, 3.8) is 0 Å². The summed E-state index contributed by atoms with van der Waals surface area (Å²) >= 11 is 0. The number of carbonyl (C=O) groups is 1. The summed E-state index contributed by atoms with van der Waals surface area (Å²) in [6.07, 6.45) is 1.96. The minimum Gasteiger partial charge on any atom is -0.331 e. The lowest BCUT2D eigenvalue weighted by Gasteiger charge is -2.35. The number of carbonyl (C=O) groups excluding carboxylic acids is 1. The number of amides is 1. The van der Waals surface area contributed by atoms with Crippen LogP contribution >= 0.6 is 0 Å². The number of hydrogen-bond donors (Lipinski definition) is 1. The zero-order chi connectivity index (χ0) is 16.1. The minimum absolute atomic E-state index is 0.0563. The second-order valence-corrected chi connectivity index (χ2v) is 5.98. The van der Waals surface area contributed by atoms with Crippen LogP contribution in [-0.4, -0.2) is 29.9 Å². The molecule has 2 aromatic rings. The van der Waals surface area contributed by atoms with Crippen LogP contribution in [0.3, 0.4) is 0 Å². The van der Waals surface area contributed by atoms with Crippen LogP contribution in [0.25, 0.3) is 0 Å². The van der Waals surface area contributed by atoms with Gasteiger partial charge in [-0.15, -0.1) is 0 Å². The molecular weight excluding hydrogens is 286 g/mol. The average molecular weight is 308 g/mol. The smallest absolute Gasteiger partial charge is 0.254 e. The van der Waals surface area contributed by atoms with E-state index in [-0.39, 0.29) is 11.9 Å². The lowest BCUT2D eigenvalue weighted by molar-refractivity contribution is 0.0623. The van der Waals surface area contributed by atoms with Gasteiger partial charge in [-0.3, -0.25) is 4.79 Å². The van der Waals surface area contributed by atoms with Crippen LogP contribution in [0.1, 0.15) is 28.8 Å². The molecule has 0 unspecified atom stereocenters. The van der Waals surface area contributed by atoms with Crippen molar-refractivity contribution in [3.8, 4) is 0 Å². The molecule has 1 aliphatic rings. The molecule has 4 nitrogen and oxygen atoms in total. The summed E-state index contributed by atoms with van der Waals surface area (Å²) in [6.45, 7) is 2.54. The highest BCUT2D eigenvalue weighted by molar-refractivity contribution is 5.94. The summed E-state index contributed by atoms with van der Waals surface area (Å²) in [7, 11) is 0. The molecule has 1 saturated heterocycles. The summed E-state index contributed by atoms with van der Waals surface area (Å²) in [5.74, 6) is 0.0563. The highest BCUT2D eigenvalue weighted by Gasteiger charge is 2.26. The molecule has 119 valence electrons. The van der Waals surface area contributed by atoms with Crippen molar-refractivity contribution < 1.29 is 4.79 Å². The minimum atomic E-state index is 0.0563. The maximum Gasteiger partial charge on any atom is 0.254 e. The van der Waals surface area contributed by atoms with Crippen LogP contribution in [0.15, 0.2) is 54.6 Å². The van der Waals surface area contributed by atoms with Gasteiger partial charge in [0.15, 0.2) is 0 Å². The van der Waals surface area contributed by atoms with Crippen LogP contribution < -0.4 is 11.1 Å². The molecular formula is C19H22N3O. The molecule has 1 amide bonds. The molecule has 1 aliphatic heterocycles. The van der Waals surface area contributed by atoms with Crippen LogP contribution in [0.5, 0.6) is 0 Å². The fraction of sp³-hybridized carbons (Fsp3) is 0.316. The molecule has 4 heteroatoms. The summed E-state index contributed by atoms with van der Waals surface area (Å²) in [5.41, 5.74) is 9.82. The van der Waals surface area contributed by atoms with Crippen molar-refractivity contribution in [2.24, 2.45) is 0 Å². The zero-order valence-corrected chi connectivity index (χ0v) is 13.2. The van der Waals surface area contributed by atoms with E-state index in [4.69, 9.17) is 5.73 Å². The summed E-state index contributed by atoms with van der Waals surface area (Å²) in [5, 5.41) is 3.36. The van der Waals surface area contributed by atoms with Crippen molar-refractivity contribution >= 4 is 11.6 Å². The third-order valence-corrected chi connectivity index (χ3v) is 4.34. The predicted molar refractivity (Wildman–Crippen MR) is 91.4 cm³/mol. The average Bonchev–Trinajstić information content (AvgIpc) is 2.61. The Kier molecular flexibility index (Phi) is 4.93. The van der Waals surface area contributed by atoms with Gasteiger partial charge in [0, 0.05) is 18.2 Å². The lowest BCUT2D eigenvalue weighted by Crippen LogP contribution is -2.45. The Hall–Kier alpha value is -2.33. The van der Waals surface area contributed by atoms with Gasteiger partial charge in [0.05, 0.1) is 5.69 Å². The van der Waals surface area contributed by atoms with E-state index in [2.05, 4.69) is 17.4 Å². The van der Waals surface area contributed by atoms with E-state index in [9.17, 15) is 4.79 Å². The molecule has 23 heavy (non-hydrogen) atoms. The number of hydrogen-bond acceptors (Lipinski definition) is 2. The fourth-order valence-electron chi connectivity index (χ4n) is 3.04. The van der Waals surface area contributed by atoms with Crippen molar-refractivity contribution in [3.05, 3.63) is 65.7 Å². The molecule has 0 atom stereocenters. The van der Waals surface area contributed by atoms with Gasteiger partial charge in [-0.25, -0.2) is 0 Å². The van der Waals surface area contributed by atoms with Gasteiger partial charge in [-0.05, 0) is 55.8 Å². The molecule has 2 N–H and O–H groups in total. The van der Waals surface area contributed by atoms with Crippen LogP contribution in [0.2, 0.25) is 0 Å². The van der Waals surface area contributed by atoms with Gasteiger partial charge in [0.2, 0.25) is 0 Å². The normalized spacial score (nSPS) is 15.3. The van der Waals surface area contributed by atoms with Crippen molar-refractivity contribution in [1.29, 1.82) is 0 Å². The van der Waals surface area contributed by atoms with E-state index >= 15 is 0 Å². The largest absolute Gasteiger partial charge is 0.331 e. The van der Waals surface area contributed by atoms with Crippen molar-refractivity contribution in [2.75, 3.05) is 13.1 Å². The van der Waals surface area contributed by atoms with Gasteiger partial charge in [-0.1, -0.05) is 30.3 Å². The first kappa shape index (κ1) is 15.6. The lowest BCUT2D eigenvalue weighted by atomic mass is 10.0. The Morgan fingerprint density at radius 2 is 1.70 bits per heavy atom. The fourth-order valence-corrected chi connectivity index (χ4v) is 3.04. The Balaban J connectivity index is 1.84. The standard InChI is InChI=1S/C19H22N3O/c20-17-8-6-16(7-9-17)19(23)22(18-10-12-21-13-11-18)14-15-4-2-1-3-5-15/h1-9,18,20-21H,10-14H2. The molecule has 1 fully saturated rings. The van der Waals surface area contributed by atoms with Crippen molar-refractivity contribution in [1.82, 2.24) is 16.0 Å². The van der Waals surface area contributed by atoms with Gasteiger partial charge < -0.3 is 16.0 Å². The zero-order valence-electron chi connectivity index (χ0n) is 13.2. The van der Waals surface area contributed by atoms with Gasteiger partial charge in [0.1, 0.15) is 0 Å². The molecule has 0 bridgehead atoms. The third-order valence-electron chi connectivity index (χ3n) is 4.34. The molecule has 0 aliphatic carbocycles. The molecule has 2 aromatic carbocycles. The van der Waals surface area contributed by atoms with Crippen LogP contribution in [0, 0.1) is 0 Å². The van der Waals surface area contributed by atoms with Crippen LogP contribution in [-0.2, 0) is 6.54 Å². The van der Waals surface area contributed by atoms with E-state index in [1.807, 2.05) is 23.1 Å². The van der Waals surface area contributed by atoms with Gasteiger partial charge >= 0.3 is 0 Å². The van der Waals surface area contributed by atoms with E-state index in [1.165, 1.54) is 0 Å². The molecule has 3 rings (SSSR count). The second-order valence-electron chi connectivity index (χ2n) is 5.98. The Morgan fingerprint density at radius 3 is 2.35 bits per heavy atom. The number of piperidine rings is 1. The first-order chi connectivity index (χ1) is 11.2. The van der Waals surface area contributed by atoms with E-state index in [0.29, 0.717) is 17.8 Å². The van der Waals surface area contributed by atoms with E-state index in [1.54, 1.807) is 24.3 Å². The maximum absolute atomic E-state index is 13.0. The second kappa shape index (κ2) is 7.29. The first-order valence-electron chi connectivity index (χ1n) is 8.11. The topological polar surface area (TPSA) is 56.1 Å². The summed E-state index contributed by atoms with van der Waals surface area (Å²) in [6, 6.07) is 17.3.